The Labute approximate surface area is 122 Å². The molecular weight excluding hydrogens is 240 g/mol. The Morgan fingerprint density at radius 2 is 1.80 bits per heavy atom. The van der Waals surface area contributed by atoms with Gasteiger partial charge in [0.15, 0.2) is 0 Å². The molecule has 2 saturated carbocycles. The normalized spacial score (nSPS) is 40.5. The summed E-state index contributed by atoms with van der Waals surface area (Å²) in [6.45, 7) is 7.53. The van der Waals surface area contributed by atoms with Gasteiger partial charge in [0.05, 0.1) is 0 Å². The van der Waals surface area contributed by atoms with Gasteiger partial charge in [0.25, 0.3) is 0 Å². The summed E-state index contributed by atoms with van der Waals surface area (Å²) in [6.07, 6.45) is 9.96. The zero-order valence-electron chi connectivity index (χ0n) is 12.8. The first kappa shape index (κ1) is 12.4. The van der Waals surface area contributed by atoms with Crippen LogP contribution in [0.2, 0.25) is 0 Å². The van der Waals surface area contributed by atoms with E-state index in [9.17, 15) is 0 Å². The Hall–Kier alpha value is -1.30. The molecular formula is C20H24. The van der Waals surface area contributed by atoms with E-state index in [1.165, 1.54) is 18.4 Å². The molecule has 2 bridgehead atoms. The third-order valence-corrected chi connectivity index (χ3v) is 6.90. The van der Waals surface area contributed by atoms with Gasteiger partial charge in [-0.1, -0.05) is 74.9 Å². The van der Waals surface area contributed by atoms with Crippen LogP contribution in [0.15, 0.2) is 54.1 Å². The summed E-state index contributed by atoms with van der Waals surface area (Å²) in [6, 6.07) is 11.1. The van der Waals surface area contributed by atoms with E-state index in [0.717, 1.165) is 11.8 Å². The van der Waals surface area contributed by atoms with E-state index in [0.29, 0.717) is 16.7 Å². The molecule has 2 unspecified atom stereocenters. The monoisotopic (exact) mass is 264 g/mol. The maximum absolute atomic E-state index is 2.51. The summed E-state index contributed by atoms with van der Waals surface area (Å²) in [7, 11) is 0. The topological polar surface area (TPSA) is 0 Å². The molecule has 0 spiro atoms. The molecule has 0 heteroatoms. The van der Waals surface area contributed by atoms with Crippen molar-refractivity contribution < 1.29 is 0 Å². The summed E-state index contributed by atoms with van der Waals surface area (Å²) < 4.78 is 0. The molecule has 1 aromatic carbocycles. The summed E-state index contributed by atoms with van der Waals surface area (Å²) in [4.78, 5) is 0. The van der Waals surface area contributed by atoms with Crippen molar-refractivity contribution in [2.75, 3.05) is 0 Å². The van der Waals surface area contributed by atoms with Gasteiger partial charge in [-0.3, -0.25) is 0 Å². The maximum atomic E-state index is 2.51. The van der Waals surface area contributed by atoms with Crippen molar-refractivity contribution in [3.05, 3.63) is 59.7 Å². The molecule has 1 aromatic rings. The van der Waals surface area contributed by atoms with Crippen molar-refractivity contribution in [3.63, 3.8) is 0 Å². The Balaban J connectivity index is 1.82. The Morgan fingerprint density at radius 1 is 1.05 bits per heavy atom. The molecule has 3 aliphatic rings. The van der Waals surface area contributed by atoms with Crippen molar-refractivity contribution in [1.29, 1.82) is 0 Å². The Bertz CT molecular complexity index is 590. The highest BCUT2D eigenvalue weighted by Gasteiger charge is 2.64. The van der Waals surface area contributed by atoms with Gasteiger partial charge in [0, 0.05) is 5.92 Å². The zero-order chi connectivity index (χ0) is 14.0. The lowest BCUT2D eigenvalue weighted by molar-refractivity contribution is 0.169. The average Bonchev–Trinajstić information content (AvgIpc) is 2.80. The molecule has 0 aliphatic heterocycles. The van der Waals surface area contributed by atoms with Crippen LogP contribution in [0.25, 0.3) is 0 Å². The molecule has 0 nitrogen and oxygen atoms in total. The maximum Gasteiger partial charge on any atom is 0.00897 e. The van der Waals surface area contributed by atoms with Gasteiger partial charge >= 0.3 is 0 Å². The molecule has 0 N–H and O–H groups in total. The average molecular weight is 264 g/mol. The summed E-state index contributed by atoms with van der Waals surface area (Å²) in [5.74, 6) is 2.16. The number of benzene rings is 1. The molecule has 2 fully saturated rings. The van der Waals surface area contributed by atoms with E-state index >= 15 is 0 Å². The van der Waals surface area contributed by atoms with Crippen LogP contribution in [0.4, 0.5) is 0 Å². The molecule has 4 rings (SSSR count). The predicted octanol–water partition coefficient (Wildman–Crippen LogP) is 5.34. The highest BCUT2D eigenvalue weighted by atomic mass is 14.7. The van der Waals surface area contributed by atoms with Gasteiger partial charge in [-0.05, 0) is 41.1 Å². The second-order valence-corrected chi connectivity index (χ2v) is 7.67. The first-order valence-corrected chi connectivity index (χ1v) is 7.99. The first-order valence-electron chi connectivity index (χ1n) is 7.99. The van der Waals surface area contributed by atoms with Crippen molar-refractivity contribution in [3.8, 4) is 0 Å². The third kappa shape index (κ3) is 1.33. The van der Waals surface area contributed by atoms with Crippen LogP contribution in [0.1, 0.15) is 45.1 Å². The first-order chi connectivity index (χ1) is 9.56. The zero-order valence-corrected chi connectivity index (χ0v) is 12.8. The standard InChI is InChI=1S/C20H24/c1-19(2)16-12-13-20(19,3)17-11-7-10-15(18(16)17)14-8-5-4-6-9-14/h4-11,15-16,18H,12-13H2,1-3H3/t15-,16?,18-,20?/m1/s1. The fraction of sp³-hybridized carbons (Fsp3) is 0.500. The number of fused-ring (bicyclic) bond motifs is 5. The molecule has 3 aliphatic carbocycles. The molecule has 0 radical (unpaired) electrons. The SMILES string of the molecule is CC12CCC([C@@H]3C1=CC=C[C@@H]3c1ccccc1)C2(C)C. The van der Waals surface area contributed by atoms with Crippen LogP contribution in [0.3, 0.4) is 0 Å². The molecule has 104 valence electrons. The molecule has 4 atom stereocenters. The Morgan fingerprint density at radius 3 is 2.55 bits per heavy atom. The number of rotatable bonds is 1. The third-order valence-electron chi connectivity index (χ3n) is 6.90. The molecule has 0 heterocycles. The number of hydrogen-bond acceptors (Lipinski definition) is 0. The molecule has 0 amide bonds. The minimum Gasteiger partial charge on any atom is -0.0764 e. The number of hydrogen-bond donors (Lipinski definition) is 0. The van der Waals surface area contributed by atoms with Crippen LogP contribution in [0, 0.1) is 22.7 Å². The van der Waals surface area contributed by atoms with Gasteiger partial charge in [-0.15, -0.1) is 0 Å². The summed E-state index contributed by atoms with van der Waals surface area (Å²) in [5, 5.41) is 0. The van der Waals surface area contributed by atoms with Crippen LogP contribution in [-0.2, 0) is 0 Å². The second-order valence-electron chi connectivity index (χ2n) is 7.67. The Kier molecular flexibility index (Phi) is 2.41. The van der Waals surface area contributed by atoms with E-state index < -0.39 is 0 Å². The van der Waals surface area contributed by atoms with E-state index in [2.05, 4.69) is 69.3 Å². The van der Waals surface area contributed by atoms with Gasteiger partial charge in [-0.25, -0.2) is 0 Å². The molecule has 20 heavy (non-hydrogen) atoms. The van der Waals surface area contributed by atoms with Crippen LogP contribution < -0.4 is 0 Å². The van der Waals surface area contributed by atoms with Gasteiger partial charge < -0.3 is 0 Å². The predicted molar refractivity (Wildman–Crippen MR) is 84.5 cm³/mol. The lowest BCUT2D eigenvalue weighted by Crippen LogP contribution is -2.28. The van der Waals surface area contributed by atoms with Crippen molar-refractivity contribution in [1.82, 2.24) is 0 Å². The minimum absolute atomic E-state index is 0.417. The summed E-state index contributed by atoms with van der Waals surface area (Å²) in [5.41, 5.74) is 4.09. The fourth-order valence-electron chi connectivity index (χ4n) is 5.40. The smallest absolute Gasteiger partial charge is 0.00897 e. The van der Waals surface area contributed by atoms with E-state index in [1.54, 1.807) is 5.57 Å². The van der Waals surface area contributed by atoms with Crippen LogP contribution in [0.5, 0.6) is 0 Å². The summed E-state index contributed by atoms with van der Waals surface area (Å²) >= 11 is 0. The van der Waals surface area contributed by atoms with Crippen LogP contribution >= 0.6 is 0 Å². The lowest BCUT2D eigenvalue weighted by atomic mass is 9.67. The fourth-order valence-corrected chi connectivity index (χ4v) is 5.40. The van der Waals surface area contributed by atoms with Crippen molar-refractivity contribution in [2.24, 2.45) is 22.7 Å². The van der Waals surface area contributed by atoms with E-state index in [1.807, 2.05) is 0 Å². The van der Waals surface area contributed by atoms with E-state index in [-0.39, 0.29) is 0 Å². The number of allylic oxidation sites excluding steroid dienone is 4. The van der Waals surface area contributed by atoms with Gasteiger partial charge in [-0.2, -0.15) is 0 Å². The van der Waals surface area contributed by atoms with Crippen LogP contribution in [-0.4, -0.2) is 0 Å². The van der Waals surface area contributed by atoms with E-state index in [4.69, 9.17) is 0 Å². The molecule has 0 saturated heterocycles. The quantitative estimate of drug-likeness (QED) is 0.642. The van der Waals surface area contributed by atoms with Crippen molar-refractivity contribution >= 4 is 0 Å². The molecule has 0 aromatic heterocycles. The lowest BCUT2D eigenvalue weighted by Gasteiger charge is -2.37. The highest BCUT2D eigenvalue weighted by molar-refractivity contribution is 5.44. The highest BCUT2D eigenvalue weighted by Crippen LogP contribution is 2.72. The minimum atomic E-state index is 0.417. The van der Waals surface area contributed by atoms with Crippen molar-refractivity contribution in [2.45, 2.75) is 39.5 Å². The van der Waals surface area contributed by atoms with Gasteiger partial charge in [0.1, 0.15) is 0 Å². The second kappa shape index (κ2) is 3.87. The largest absolute Gasteiger partial charge is 0.0764 e. The van der Waals surface area contributed by atoms with Gasteiger partial charge in [0.2, 0.25) is 0 Å².